The Morgan fingerprint density at radius 1 is 0.581 bits per heavy atom. The lowest BCUT2D eigenvalue weighted by Gasteiger charge is -2.40. The maximum absolute atomic E-state index is 12.9. The maximum atomic E-state index is 12.9. The highest BCUT2D eigenvalue weighted by molar-refractivity contribution is 5.76. The Hall–Kier alpha value is -2.12. The number of ether oxygens (including phenoxy) is 3. The van der Waals surface area contributed by atoms with Gasteiger partial charge in [0.05, 0.1) is 32.0 Å². The van der Waals surface area contributed by atoms with E-state index in [4.69, 9.17) is 14.2 Å². The van der Waals surface area contributed by atoms with Gasteiger partial charge in [0.1, 0.15) is 24.4 Å². The second kappa shape index (κ2) is 41.6. The van der Waals surface area contributed by atoms with Gasteiger partial charge in [-0.1, -0.05) is 153 Å². The van der Waals surface area contributed by atoms with Gasteiger partial charge in [0.25, 0.3) is 0 Å². The van der Waals surface area contributed by atoms with Crippen molar-refractivity contribution in [3.05, 3.63) is 36.5 Å². The molecule has 62 heavy (non-hydrogen) atoms. The molecule has 6 N–H and O–H groups in total. The minimum Gasteiger partial charge on any atom is -0.466 e. The van der Waals surface area contributed by atoms with Crippen LogP contribution in [0.2, 0.25) is 0 Å². The van der Waals surface area contributed by atoms with Crippen LogP contribution in [0.15, 0.2) is 36.5 Å². The highest BCUT2D eigenvalue weighted by atomic mass is 16.7. The van der Waals surface area contributed by atoms with E-state index in [-0.39, 0.29) is 18.5 Å². The number of esters is 1. The van der Waals surface area contributed by atoms with Crippen LogP contribution in [-0.4, -0.2) is 100 Å². The van der Waals surface area contributed by atoms with Crippen molar-refractivity contribution >= 4 is 11.9 Å². The van der Waals surface area contributed by atoms with Crippen LogP contribution >= 0.6 is 0 Å². The molecular formula is C51H93NO10. The topological polar surface area (TPSA) is 175 Å². The fraction of sp³-hybridized carbons (Fsp3) is 0.843. The molecule has 11 nitrogen and oxygen atoms in total. The minimum atomic E-state index is -1.58. The van der Waals surface area contributed by atoms with Gasteiger partial charge in [0, 0.05) is 12.8 Å². The normalized spacial score (nSPS) is 20.4. The van der Waals surface area contributed by atoms with Crippen LogP contribution in [0.3, 0.4) is 0 Å². The fourth-order valence-electron chi connectivity index (χ4n) is 7.60. The molecule has 7 unspecified atom stereocenters. The fourth-order valence-corrected chi connectivity index (χ4v) is 7.60. The van der Waals surface area contributed by atoms with Crippen molar-refractivity contribution in [2.24, 2.45) is 0 Å². The molecule has 0 aliphatic carbocycles. The first-order valence-electron chi connectivity index (χ1n) is 25.3. The zero-order valence-corrected chi connectivity index (χ0v) is 39.3. The Balaban J connectivity index is 2.17. The summed E-state index contributed by atoms with van der Waals surface area (Å²) in [5.74, 6) is -0.262. The van der Waals surface area contributed by atoms with Crippen molar-refractivity contribution in [2.75, 3.05) is 19.8 Å². The zero-order valence-electron chi connectivity index (χ0n) is 39.3. The van der Waals surface area contributed by atoms with Gasteiger partial charge in [-0.2, -0.15) is 0 Å². The van der Waals surface area contributed by atoms with Crippen molar-refractivity contribution in [2.45, 2.75) is 256 Å². The van der Waals surface area contributed by atoms with Crippen LogP contribution in [0.1, 0.15) is 213 Å². The van der Waals surface area contributed by atoms with Crippen molar-refractivity contribution in [3.8, 4) is 0 Å². The lowest BCUT2D eigenvalue weighted by molar-refractivity contribution is -0.302. The molecule has 0 aromatic heterocycles. The van der Waals surface area contributed by atoms with E-state index in [1.165, 1.54) is 109 Å². The third-order valence-corrected chi connectivity index (χ3v) is 11.7. The SMILES string of the molecule is CCCCC/C=C\CCCCCCCC(=O)OCCCCCCCC/C=C\CCCCCC(=O)NC(COC1OC(CO)C(O)C(O)C1O)C(O)/C=C/CCCCCCCCC. The molecule has 0 aromatic carbocycles. The quantitative estimate of drug-likeness (QED) is 0.0197. The molecule has 0 saturated carbocycles. The number of aliphatic hydroxyl groups is 5. The second-order valence-electron chi connectivity index (χ2n) is 17.5. The molecule has 1 saturated heterocycles. The summed E-state index contributed by atoms with van der Waals surface area (Å²) in [7, 11) is 0. The van der Waals surface area contributed by atoms with Gasteiger partial charge in [-0.05, 0) is 83.5 Å². The van der Waals surface area contributed by atoms with Crippen molar-refractivity contribution < 1.29 is 49.3 Å². The van der Waals surface area contributed by atoms with E-state index in [1.54, 1.807) is 6.08 Å². The average Bonchev–Trinajstić information content (AvgIpc) is 3.27. The van der Waals surface area contributed by atoms with Crippen LogP contribution in [-0.2, 0) is 23.8 Å². The molecule has 11 heteroatoms. The highest BCUT2D eigenvalue weighted by Crippen LogP contribution is 2.22. The molecule has 1 fully saturated rings. The number of carbonyl (C=O) groups is 2. The first-order chi connectivity index (χ1) is 30.2. The number of allylic oxidation sites excluding steroid dienone is 5. The number of unbranched alkanes of at least 4 members (excludes halogenated alkanes) is 24. The first-order valence-corrected chi connectivity index (χ1v) is 25.3. The molecule has 1 aliphatic heterocycles. The molecule has 0 bridgehead atoms. The predicted molar refractivity (Wildman–Crippen MR) is 251 cm³/mol. The summed E-state index contributed by atoms with van der Waals surface area (Å²) in [4.78, 5) is 24.9. The lowest BCUT2D eigenvalue weighted by Crippen LogP contribution is -2.60. The second-order valence-corrected chi connectivity index (χ2v) is 17.5. The molecule has 1 heterocycles. The van der Waals surface area contributed by atoms with Gasteiger partial charge in [-0.3, -0.25) is 9.59 Å². The Kier molecular flexibility index (Phi) is 38.8. The Bertz CT molecular complexity index is 1130. The number of rotatable bonds is 42. The Morgan fingerprint density at radius 2 is 1.03 bits per heavy atom. The van der Waals surface area contributed by atoms with Gasteiger partial charge in [-0.25, -0.2) is 0 Å². The molecule has 0 aromatic rings. The van der Waals surface area contributed by atoms with E-state index in [2.05, 4.69) is 43.5 Å². The first kappa shape index (κ1) is 57.9. The summed E-state index contributed by atoms with van der Waals surface area (Å²) in [5, 5.41) is 54.0. The number of hydrogen-bond donors (Lipinski definition) is 6. The molecular weight excluding hydrogens is 787 g/mol. The number of carbonyl (C=O) groups excluding carboxylic acids is 2. The summed E-state index contributed by atoms with van der Waals surface area (Å²) in [6.07, 6.45) is 38.0. The van der Waals surface area contributed by atoms with Crippen molar-refractivity contribution in [1.82, 2.24) is 5.32 Å². The van der Waals surface area contributed by atoms with Crippen molar-refractivity contribution in [3.63, 3.8) is 0 Å². The van der Waals surface area contributed by atoms with Crippen LogP contribution in [0.4, 0.5) is 0 Å². The van der Waals surface area contributed by atoms with E-state index in [9.17, 15) is 35.1 Å². The van der Waals surface area contributed by atoms with E-state index < -0.39 is 49.5 Å². The summed E-state index contributed by atoms with van der Waals surface area (Å²) >= 11 is 0. The minimum absolute atomic E-state index is 0.0461. The average molecular weight is 880 g/mol. The lowest BCUT2D eigenvalue weighted by atomic mass is 9.99. The van der Waals surface area contributed by atoms with Gasteiger partial charge < -0.3 is 45.1 Å². The summed E-state index contributed by atoms with van der Waals surface area (Å²) in [6, 6.07) is -0.829. The van der Waals surface area contributed by atoms with Gasteiger partial charge >= 0.3 is 5.97 Å². The van der Waals surface area contributed by atoms with Crippen LogP contribution in [0.5, 0.6) is 0 Å². The molecule has 0 spiro atoms. The number of aliphatic hydroxyl groups excluding tert-OH is 5. The van der Waals surface area contributed by atoms with Crippen LogP contribution < -0.4 is 5.32 Å². The Labute approximate surface area is 377 Å². The largest absolute Gasteiger partial charge is 0.466 e. The van der Waals surface area contributed by atoms with Crippen molar-refractivity contribution in [1.29, 1.82) is 0 Å². The van der Waals surface area contributed by atoms with Gasteiger partial charge in [0.15, 0.2) is 6.29 Å². The van der Waals surface area contributed by atoms with E-state index in [1.807, 2.05) is 6.08 Å². The molecule has 1 rings (SSSR count). The zero-order chi connectivity index (χ0) is 45.3. The molecule has 362 valence electrons. The number of nitrogens with one attached hydrogen (secondary N) is 1. The smallest absolute Gasteiger partial charge is 0.305 e. The van der Waals surface area contributed by atoms with Crippen LogP contribution in [0.25, 0.3) is 0 Å². The summed E-state index contributed by atoms with van der Waals surface area (Å²) < 4.78 is 16.6. The maximum Gasteiger partial charge on any atom is 0.305 e. The summed E-state index contributed by atoms with van der Waals surface area (Å²) in [6.45, 7) is 4.20. The van der Waals surface area contributed by atoms with Gasteiger partial charge in [0.2, 0.25) is 5.91 Å². The molecule has 7 atom stereocenters. The van der Waals surface area contributed by atoms with Gasteiger partial charge in [-0.15, -0.1) is 0 Å². The molecule has 1 aliphatic rings. The third kappa shape index (κ3) is 31.7. The molecule has 0 radical (unpaired) electrons. The molecule has 1 amide bonds. The standard InChI is InChI=1S/C51H93NO10/c1-3-5-7-9-11-13-14-19-23-27-31-35-39-47(56)60-40-36-32-28-24-20-17-15-16-18-22-26-30-34-38-46(55)52-43(44(54)37-33-29-25-21-12-10-8-6-4-2)42-61-51-50(59)49(58)48(57)45(41-53)62-51/h11,13,16,18,33,37,43-45,48-51,53-54,57-59H,3-10,12,14-15,17,19-32,34-36,38-42H2,1-2H3,(H,52,55)/b13-11-,18-16-,37-33+. The monoisotopic (exact) mass is 880 g/mol. The summed E-state index contributed by atoms with van der Waals surface area (Å²) in [5.41, 5.74) is 0. The van der Waals surface area contributed by atoms with E-state index in [0.717, 1.165) is 70.6 Å². The third-order valence-electron chi connectivity index (χ3n) is 11.7. The Morgan fingerprint density at radius 3 is 1.60 bits per heavy atom. The van der Waals surface area contributed by atoms with E-state index >= 15 is 0 Å². The van der Waals surface area contributed by atoms with Crippen LogP contribution in [0, 0.1) is 0 Å². The number of amides is 1. The predicted octanol–water partition coefficient (Wildman–Crippen LogP) is 9.99. The highest BCUT2D eigenvalue weighted by Gasteiger charge is 2.44. The van der Waals surface area contributed by atoms with E-state index in [0.29, 0.717) is 25.9 Å². The number of hydrogen-bond acceptors (Lipinski definition) is 10.